The van der Waals surface area contributed by atoms with Gasteiger partial charge in [-0.3, -0.25) is 4.79 Å². The number of amides is 1. The van der Waals surface area contributed by atoms with Crippen molar-refractivity contribution >= 4 is 27.3 Å². The van der Waals surface area contributed by atoms with E-state index in [-0.39, 0.29) is 11.4 Å². The molecule has 3 nitrogen and oxygen atoms in total. The van der Waals surface area contributed by atoms with Crippen molar-refractivity contribution in [3.8, 4) is 0 Å². The molecule has 4 heteroatoms. The quantitative estimate of drug-likeness (QED) is 0.924. The second-order valence-electron chi connectivity index (χ2n) is 7.46. The smallest absolute Gasteiger partial charge is 0.262 e. The van der Waals surface area contributed by atoms with Crippen LogP contribution in [-0.2, 0) is 0 Å². The van der Waals surface area contributed by atoms with Crippen LogP contribution in [0, 0.1) is 0 Å². The molecule has 1 aliphatic heterocycles. The van der Waals surface area contributed by atoms with E-state index in [1.54, 1.807) is 11.3 Å². The molecule has 1 N–H and O–H groups in total. The molecule has 2 aromatic rings. The van der Waals surface area contributed by atoms with Gasteiger partial charge in [0.1, 0.15) is 0 Å². The van der Waals surface area contributed by atoms with Crippen molar-refractivity contribution in [2.45, 2.75) is 44.1 Å². The standard InChI is InChI=1S/C19H24N2OS/c1-19(9-5-10-19)20-18(22)17-16(13-8-11-21(2)12-13)14-6-3-4-7-15(14)23-17/h3-4,6-7,13H,5,8-12H2,1-2H3,(H,20,22)/t13-/m0/s1. The monoisotopic (exact) mass is 328 g/mol. The highest BCUT2D eigenvalue weighted by Gasteiger charge is 2.36. The molecule has 2 fully saturated rings. The van der Waals surface area contributed by atoms with Crippen molar-refractivity contribution in [1.29, 1.82) is 0 Å². The Morgan fingerprint density at radius 2 is 2.13 bits per heavy atom. The van der Waals surface area contributed by atoms with Crippen LogP contribution < -0.4 is 5.32 Å². The molecule has 0 bridgehead atoms. The number of likely N-dealkylation sites (N-methyl/N-ethyl adjacent to an activating group) is 1. The first-order valence-corrected chi connectivity index (χ1v) is 9.40. The van der Waals surface area contributed by atoms with Crippen LogP contribution in [0.15, 0.2) is 24.3 Å². The third kappa shape index (κ3) is 2.68. The summed E-state index contributed by atoms with van der Waals surface area (Å²) in [5.41, 5.74) is 1.30. The lowest BCUT2D eigenvalue weighted by Gasteiger charge is -2.39. The zero-order valence-corrected chi connectivity index (χ0v) is 14.7. The Hall–Kier alpha value is -1.39. The summed E-state index contributed by atoms with van der Waals surface area (Å²) in [5, 5.41) is 4.58. The first-order valence-electron chi connectivity index (χ1n) is 8.58. The average Bonchev–Trinajstić information content (AvgIpc) is 3.08. The van der Waals surface area contributed by atoms with Gasteiger partial charge in [0.15, 0.2) is 0 Å². The van der Waals surface area contributed by atoms with E-state index in [2.05, 4.69) is 48.5 Å². The van der Waals surface area contributed by atoms with Crippen molar-refractivity contribution in [2.75, 3.05) is 20.1 Å². The molecule has 2 aliphatic rings. The number of thiophene rings is 1. The van der Waals surface area contributed by atoms with Gasteiger partial charge < -0.3 is 10.2 Å². The Morgan fingerprint density at radius 3 is 2.78 bits per heavy atom. The number of likely N-dealkylation sites (tertiary alicyclic amines) is 1. The van der Waals surface area contributed by atoms with E-state index < -0.39 is 0 Å². The molecule has 1 amide bonds. The van der Waals surface area contributed by atoms with Crippen LogP contribution in [-0.4, -0.2) is 36.5 Å². The summed E-state index contributed by atoms with van der Waals surface area (Å²) in [5.74, 6) is 0.615. The molecule has 0 unspecified atom stereocenters. The molecule has 122 valence electrons. The SMILES string of the molecule is CN1CC[C@H](c2c(C(=O)NC3(C)CCC3)sc3ccccc23)C1. The lowest BCUT2D eigenvalue weighted by atomic mass is 9.78. The highest BCUT2D eigenvalue weighted by atomic mass is 32.1. The maximum atomic E-state index is 13.0. The predicted octanol–water partition coefficient (Wildman–Crippen LogP) is 3.99. The van der Waals surface area contributed by atoms with Gasteiger partial charge in [0.25, 0.3) is 5.91 Å². The van der Waals surface area contributed by atoms with Gasteiger partial charge in [-0.25, -0.2) is 0 Å². The molecule has 23 heavy (non-hydrogen) atoms. The largest absolute Gasteiger partial charge is 0.346 e. The first kappa shape index (κ1) is 15.2. The zero-order chi connectivity index (χ0) is 16.0. The molecule has 1 aliphatic carbocycles. The van der Waals surface area contributed by atoms with Gasteiger partial charge in [-0.2, -0.15) is 0 Å². The molecule has 1 aromatic carbocycles. The Kier molecular flexibility index (Phi) is 3.69. The van der Waals surface area contributed by atoms with Gasteiger partial charge >= 0.3 is 0 Å². The summed E-state index contributed by atoms with van der Waals surface area (Å²) in [4.78, 5) is 16.3. The third-order valence-corrected chi connectivity index (χ3v) is 6.70. The number of nitrogens with zero attached hydrogens (tertiary/aromatic N) is 1. The Labute approximate surface area is 141 Å². The summed E-state index contributed by atoms with van der Waals surface area (Å²) in [6.07, 6.45) is 4.58. The second kappa shape index (κ2) is 5.60. The van der Waals surface area contributed by atoms with Crippen LogP contribution in [0.2, 0.25) is 0 Å². The van der Waals surface area contributed by atoms with Crippen LogP contribution in [0.3, 0.4) is 0 Å². The predicted molar refractivity (Wildman–Crippen MR) is 96.4 cm³/mol. The summed E-state index contributed by atoms with van der Waals surface area (Å²) >= 11 is 1.66. The fraction of sp³-hybridized carbons (Fsp3) is 0.526. The van der Waals surface area contributed by atoms with E-state index in [1.807, 2.05) is 0 Å². The number of benzene rings is 1. The summed E-state index contributed by atoms with van der Waals surface area (Å²) in [6, 6.07) is 8.48. The van der Waals surface area contributed by atoms with E-state index in [1.165, 1.54) is 22.1 Å². The third-order valence-electron chi connectivity index (χ3n) is 5.51. The van der Waals surface area contributed by atoms with E-state index in [0.29, 0.717) is 5.92 Å². The normalized spacial score (nSPS) is 23.8. The number of hydrogen-bond donors (Lipinski definition) is 1. The van der Waals surface area contributed by atoms with Crippen molar-refractivity contribution in [3.05, 3.63) is 34.7 Å². The van der Waals surface area contributed by atoms with Crippen LogP contribution in [0.5, 0.6) is 0 Å². The molecule has 1 saturated carbocycles. The molecule has 1 atom stereocenters. The lowest BCUT2D eigenvalue weighted by Crippen LogP contribution is -2.50. The van der Waals surface area contributed by atoms with Gasteiger partial charge in [0.05, 0.1) is 4.88 Å². The Balaban J connectivity index is 1.74. The summed E-state index contributed by atoms with van der Waals surface area (Å²) in [7, 11) is 2.17. The molecule has 0 spiro atoms. The molecule has 1 aromatic heterocycles. The minimum atomic E-state index is 0.0109. The highest BCUT2D eigenvalue weighted by molar-refractivity contribution is 7.21. The number of carbonyl (C=O) groups is 1. The van der Waals surface area contributed by atoms with Crippen LogP contribution in [0.25, 0.3) is 10.1 Å². The number of carbonyl (C=O) groups excluding carboxylic acids is 1. The number of hydrogen-bond acceptors (Lipinski definition) is 3. The van der Waals surface area contributed by atoms with Gasteiger partial charge in [-0.05, 0) is 63.2 Å². The van der Waals surface area contributed by atoms with Gasteiger partial charge in [0, 0.05) is 22.7 Å². The van der Waals surface area contributed by atoms with E-state index in [9.17, 15) is 4.79 Å². The van der Waals surface area contributed by atoms with E-state index in [4.69, 9.17) is 0 Å². The maximum absolute atomic E-state index is 13.0. The summed E-state index contributed by atoms with van der Waals surface area (Å²) < 4.78 is 1.24. The van der Waals surface area contributed by atoms with Gasteiger partial charge in [-0.15, -0.1) is 11.3 Å². The summed E-state index contributed by atoms with van der Waals surface area (Å²) in [6.45, 7) is 4.34. The topological polar surface area (TPSA) is 32.3 Å². The Bertz CT molecular complexity index is 747. The van der Waals surface area contributed by atoms with Crippen LogP contribution >= 0.6 is 11.3 Å². The van der Waals surface area contributed by atoms with Crippen molar-refractivity contribution in [3.63, 3.8) is 0 Å². The number of nitrogens with one attached hydrogen (secondary N) is 1. The molecule has 0 radical (unpaired) electrons. The van der Waals surface area contributed by atoms with Crippen LogP contribution in [0.4, 0.5) is 0 Å². The van der Waals surface area contributed by atoms with Crippen molar-refractivity contribution < 1.29 is 4.79 Å². The number of fused-ring (bicyclic) bond motifs is 1. The highest BCUT2D eigenvalue weighted by Crippen LogP contribution is 2.40. The minimum Gasteiger partial charge on any atom is -0.346 e. The first-order chi connectivity index (χ1) is 11.1. The lowest BCUT2D eigenvalue weighted by molar-refractivity contribution is 0.0853. The fourth-order valence-corrected chi connectivity index (χ4v) is 5.16. The molecule has 1 saturated heterocycles. The second-order valence-corrected chi connectivity index (χ2v) is 8.51. The molecule has 4 rings (SSSR count). The van der Waals surface area contributed by atoms with Crippen molar-refractivity contribution in [2.24, 2.45) is 0 Å². The van der Waals surface area contributed by atoms with Gasteiger partial charge in [0.2, 0.25) is 0 Å². The molecular formula is C19H24N2OS. The molecule has 2 heterocycles. The van der Waals surface area contributed by atoms with Gasteiger partial charge in [-0.1, -0.05) is 18.2 Å². The fourth-order valence-electron chi connectivity index (χ4n) is 3.97. The van der Waals surface area contributed by atoms with E-state index >= 15 is 0 Å². The minimum absolute atomic E-state index is 0.0109. The van der Waals surface area contributed by atoms with Crippen molar-refractivity contribution in [1.82, 2.24) is 10.2 Å². The zero-order valence-electron chi connectivity index (χ0n) is 13.9. The van der Waals surface area contributed by atoms with Crippen LogP contribution in [0.1, 0.15) is 53.8 Å². The number of rotatable bonds is 3. The average molecular weight is 328 g/mol. The molecular weight excluding hydrogens is 304 g/mol. The van der Waals surface area contributed by atoms with E-state index in [0.717, 1.165) is 37.2 Å². The Morgan fingerprint density at radius 1 is 1.35 bits per heavy atom. The maximum Gasteiger partial charge on any atom is 0.262 e.